The Balaban J connectivity index is 1.32. The number of carbonyl (C=O) groups excluding carboxylic acids is 2. The van der Waals surface area contributed by atoms with Gasteiger partial charge in [-0.2, -0.15) is 5.10 Å². The number of aromatic nitrogens is 2. The van der Waals surface area contributed by atoms with Gasteiger partial charge in [0.25, 0.3) is 5.91 Å². The van der Waals surface area contributed by atoms with Crippen molar-refractivity contribution in [1.29, 1.82) is 0 Å². The van der Waals surface area contributed by atoms with Crippen LogP contribution in [0.25, 0.3) is 0 Å². The third-order valence-corrected chi connectivity index (χ3v) is 5.43. The molecule has 0 bridgehead atoms. The van der Waals surface area contributed by atoms with E-state index >= 15 is 0 Å². The third kappa shape index (κ3) is 3.28. The van der Waals surface area contributed by atoms with Crippen molar-refractivity contribution in [3.05, 3.63) is 18.0 Å². The molecule has 9 heteroatoms. The van der Waals surface area contributed by atoms with Crippen molar-refractivity contribution >= 4 is 12.0 Å². The molecule has 1 aromatic rings. The minimum absolute atomic E-state index is 0.0515. The van der Waals surface area contributed by atoms with E-state index in [1.54, 1.807) is 33.8 Å². The third-order valence-electron chi connectivity index (χ3n) is 5.43. The molecule has 3 aliphatic rings. The molecule has 0 N–H and O–H groups in total. The highest BCUT2D eigenvalue weighted by atomic mass is 16.6. The normalized spacial score (nSPS) is 26.3. The number of carbonyl (C=O) groups is 2. The Morgan fingerprint density at radius 2 is 2.08 bits per heavy atom. The number of amides is 2. The number of hydrogen-bond acceptors (Lipinski definition) is 6. The van der Waals surface area contributed by atoms with Crippen LogP contribution in [0.4, 0.5) is 4.79 Å². The maximum absolute atomic E-state index is 12.7. The molecule has 26 heavy (non-hydrogen) atoms. The summed E-state index contributed by atoms with van der Waals surface area (Å²) in [4.78, 5) is 30.7. The van der Waals surface area contributed by atoms with Crippen LogP contribution in [0.2, 0.25) is 0 Å². The first-order valence-electron chi connectivity index (χ1n) is 9.18. The van der Waals surface area contributed by atoms with E-state index in [0.29, 0.717) is 25.3 Å². The van der Waals surface area contributed by atoms with Crippen molar-refractivity contribution in [1.82, 2.24) is 24.5 Å². The summed E-state index contributed by atoms with van der Waals surface area (Å²) in [6.45, 7) is 6.02. The van der Waals surface area contributed by atoms with Crippen LogP contribution in [0, 0.1) is 0 Å². The molecule has 2 amide bonds. The SMILES string of the molecule is Cn1nccc1C(=O)N1C[C@@H]2OC(=O)N(CCCN3CCOCC3)[C@@H]2C1. The molecule has 4 rings (SSSR count). The molecule has 9 nitrogen and oxygen atoms in total. The molecule has 0 spiro atoms. The lowest BCUT2D eigenvalue weighted by Gasteiger charge is -2.28. The number of likely N-dealkylation sites (tertiary alicyclic amines) is 1. The minimum Gasteiger partial charge on any atom is -0.442 e. The average Bonchev–Trinajstić information content (AvgIpc) is 3.31. The lowest BCUT2D eigenvalue weighted by atomic mass is 10.2. The van der Waals surface area contributed by atoms with Gasteiger partial charge in [0.15, 0.2) is 0 Å². The number of hydrogen-bond donors (Lipinski definition) is 0. The lowest BCUT2D eigenvalue weighted by Crippen LogP contribution is -2.42. The zero-order valence-electron chi connectivity index (χ0n) is 15.0. The van der Waals surface area contributed by atoms with Crippen molar-refractivity contribution in [2.45, 2.75) is 18.6 Å². The van der Waals surface area contributed by atoms with Crippen molar-refractivity contribution < 1.29 is 19.1 Å². The first-order valence-corrected chi connectivity index (χ1v) is 9.18. The number of fused-ring (bicyclic) bond motifs is 1. The molecule has 3 saturated heterocycles. The standard InChI is InChI=1S/C17H25N5O4/c1-19-13(3-4-18-19)16(23)21-11-14-15(12-21)26-17(24)22(14)6-2-5-20-7-9-25-10-8-20/h3-4,14-15H,2,5-12H2,1H3/t14-,15+/m1/s1. The number of ether oxygens (including phenoxy) is 2. The summed E-state index contributed by atoms with van der Waals surface area (Å²) in [6, 6.07) is 1.66. The maximum atomic E-state index is 12.7. The van der Waals surface area contributed by atoms with Gasteiger partial charge in [-0.05, 0) is 12.5 Å². The smallest absolute Gasteiger partial charge is 0.410 e. The van der Waals surface area contributed by atoms with Crippen molar-refractivity contribution in [3.8, 4) is 0 Å². The molecule has 1 aromatic heterocycles. The second-order valence-electron chi connectivity index (χ2n) is 7.04. The van der Waals surface area contributed by atoms with Gasteiger partial charge >= 0.3 is 6.09 Å². The Hall–Kier alpha value is -2.13. The van der Waals surface area contributed by atoms with E-state index in [2.05, 4.69) is 10.00 Å². The van der Waals surface area contributed by atoms with E-state index in [9.17, 15) is 9.59 Å². The van der Waals surface area contributed by atoms with Gasteiger partial charge in [0.2, 0.25) is 0 Å². The fourth-order valence-corrected chi connectivity index (χ4v) is 3.96. The number of rotatable bonds is 5. The number of nitrogens with zero attached hydrogens (tertiary/aromatic N) is 5. The molecule has 0 aromatic carbocycles. The largest absolute Gasteiger partial charge is 0.442 e. The first kappa shape index (κ1) is 17.3. The fourth-order valence-electron chi connectivity index (χ4n) is 3.96. The minimum atomic E-state index is -0.255. The summed E-state index contributed by atoms with van der Waals surface area (Å²) in [6.07, 6.45) is 2.02. The second kappa shape index (κ2) is 7.24. The predicted octanol–water partition coefficient (Wildman–Crippen LogP) is -0.212. The van der Waals surface area contributed by atoms with Gasteiger partial charge in [-0.1, -0.05) is 0 Å². The maximum Gasteiger partial charge on any atom is 0.410 e. The zero-order chi connectivity index (χ0) is 18.1. The van der Waals surface area contributed by atoms with Gasteiger partial charge in [0.1, 0.15) is 11.8 Å². The Morgan fingerprint density at radius 3 is 2.81 bits per heavy atom. The van der Waals surface area contributed by atoms with Crippen LogP contribution in [0.1, 0.15) is 16.9 Å². The Kier molecular flexibility index (Phi) is 4.82. The van der Waals surface area contributed by atoms with Crippen molar-refractivity contribution in [2.24, 2.45) is 7.05 Å². The van der Waals surface area contributed by atoms with Crippen molar-refractivity contribution in [3.63, 3.8) is 0 Å². The molecular weight excluding hydrogens is 338 g/mol. The van der Waals surface area contributed by atoms with Crippen LogP contribution in [0.15, 0.2) is 12.3 Å². The molecule has 0 saturated carbocycles. The van der Waals surface area contributed by atoms with E-state index < -0.39 is 0 Å². The monoisotopic (exact) mass is 363 g/mol. The molecular formula is C17H25N5O4. The van der Waals surface area contributed by atoms with Gasteiger partial charge in [0.05, 0.1) is 25.8 Å². The number of morpholine rings is 1. The van der Waals surface area contributed by atoms with Gasteiger partial charge in [-0.25, -0.2) is 4.79 Å². The van der Waals surface area contributed by atoms with Crippen LogP contribution in [-0.4, -0.2) is 101 Å². The van der Waals surface area contributed by atoms with E-state index in [1.807, 2.05) is 0 Å². The number of aryl methyl sites for hydroxylation is 1. The fraction of sp³-hybridized carbons (Fsp3) is 0.706. The molecule has 142 valence electrons. The summed E-state index contributed by atoms with van der Waals surface area (Å²) in [5.74, 6) is -0.0660. The molecule has 2 atom stereocenters. The predicted molar refractivity (Wildman–Crippen MR) is 91.8 cm³/mol. The van der Waals surface area contributed by atoms with Gasteiger partial charge in [0, 0.05) is 46.0 Å². The highest BCUT2D eigenvalue weighted by molar-refractivity contribution is 5.93. The zero-order valence-corrected chi connectivity index (χ0v) is 15.0. The van der Waals surface area contributed by atoms with E-state index in [4.69, 9.17) is 9.47 Å². The first-order chi connectivity index (χ1) is 12.6. The van der Waals surface area contributed by atoms with Crippen LogP contribution in [-0.2, 0) is 16.5 Å². The van der Waals surface area contributed by atoms with Gasteiger partial charge in [-0.15, -0.1) is 0 Å². The van der Waals surface area contributed by atoms with Crippen LogP contribution >= 0.6 is 0 Å². The Labute approximate surface area is 152 Å². The van der Waals surface area contributed by atoms with Gasteiger partial charge < -0.3 is 14.4 Å². The highest BCUT2D eigenvalue weighted by Gasteiger charge is 2.48. The lowest BCUT2D eigenvalue weighted by molar-refractivity contribution is 0.0362. The molecule has 4 heterocycles. The van der Waals surface area contributed by atoms with Crippen LogP contribution in [0.3, 0.4) is 0 Å². The quantitative estimate of drug-likeness (QED) is 0.720. The van der Waals surface area contributed by atoms with Crippen LogP contribution < -0.4 is 0 Å². The van der Waals surface area contributed by atoms with Crippen LogP contribution in [0.5, 0.6) is 0 Å². The average molecular weight is 363 g/mol. The molecule has 0 aliphatic carbocycles. The summed E-state index contributed by atoms with van der Waals surface area (Å²) in [7, 11) is 1.75. The van der Waals surface area contributed by atoms with E-state index in [-0.39, 0.29) is 24.1 Å². The van der Waals surface area contributed by atoms with E-state index in [1.165, 1.54) is 0 Å². The molecule has 0 radical (unpaired) electrons. The molecule has 3 aliphatic heterocycles. The highest BCUT2D eigenvalue weighted by Crippen LogP contribution is 2.28. The molecule has 0 unspecified atom stereocenters. The summed E-state index contributed by atoms with van der Waals surface area (Å²) in [5.41, 5.74) is 0.551. The summed E-state index contributed by atoms with van der Waals surface area (Å²) < 4.78 is 12.4. The molecule has 3 fully saturated rings. The van der Waals surface area contributed by atoms with E-state index in [0.717, 1.165) is 39.3 Å². The summed E-state index contributed by atoms with van der Waals surface area (Å²) >= 11 is 0. The summed E-state index contributed by atoms with van der Waals surface area (Å²) in [5, 5.41) is 4.05. The Morgan fingerprint density at radius 1 is 1.27 bits per heavy atom. The van der Waals surface area contributed by atoms with Gasteiger partial charge in [-0.3, -0.25) is 19.3 Å². The topological polar surface area (TPSA) is 80.1 Å². The Bertz CT molecular complexity index is 672. The van der Waals surface area contributed by atoms with Crippen molar-refractivity contribution in [2.75, 3.05) is 52.5 Å². The second-order valence-corrected chi connectivity index (χ2v) is 7.04.